The predicted molar refractivity (Wildman–Crippen MR) is 126 cm³/mol. The molecule has 1 aromatic carbocycles. The molecule has 2 aliphatic heterocycles. The number of aliphatic hydroxyl groups is 1. The van der Waals surface area contributed by atoms with Gasteiger partial charge in [-0.2, -0.15) is 5.10 Å². The summed E-state index contributed by atoms with van der Waals surface area (Å²) in [6.07, 6.45) is 6.90. The van der Waals surface area contributed by atoms with Gasteiger partial charge < -0.3 is 15.3 Å². The highest BCUT2D eigenvalue weighted by Crippen LogP contribution is 2.40. The van der Waals surface area contributed by atoms with Gasteiger partial charge in [0.1, 0.15) is 11.6 Å². The Morgan fingerprint density at radius 2 is 1.88 bits per heavy atom. The van der Waals surface area contributed by atoms with Crippen LogP contribution in [0, 0.1) is 13.8 Å². The van der Waals surface area contributed by atoms with Crippen LogP contribution in [0.25, 0.3) is 16.7 Å². The van der Waals surface area contributed by atoms with Crippen LogP contribution in [-0.4, -0.2) is 55.6 Å². The van der Waals surface area contributed by atoms with Crippen LogP contribution < -0.4 is 10.2 Å². The number of anilines is 1. The molecule has 3 aliphatic rings. The number of hydrogen-bond acceptors (Lipinski definition) is 6. The van der Waals surface area contributed by atoms with E-state index in [2.05, 4.69) is 35.3 Å². The molecule has 7 nitrogen and oxygen atoms in total. The van der Waals surface area contributed by atoms with Crippen LogP contribution in [0.4, 0.5) is 5.82 Å². The summed E-state index contributed by atoms with van der Waals surface area (Å²) in [4.78, 5) is 11.9. The van der Waals surface area contributed by atoms with Crippen LogP contribution in [0.2, 0.25) is 0 Å². The topological polar surface area (TPSA) is 79.1 Å². The average molecular weight is 433 g/mol. The van der Waals surface area contributed by atoms with Crippen LogP contribution in [0.5, 0.6) is 0 Å². The Labute approximate surface area is 188 Å². The summed E-state index contributed by atoms with van der Waals surface area (Å²) >= 11 is 0. The number of nitrogens with zero attached hydrogens (tertiary/aromatic N) is 5. The van der Waals surface area contributed by atoms with Crippen molar-refractivity contribution >= 4 is 16.7 Å². The average Bonchev–Trinajstić information content (AvgIpc) is 3.48. The van der Waals surface area contributed by atoms with Gasteiger partial charge in [-0.05, 0) is 82.1 Å². The van der Waals surface area contributed by atoms with Gasteiger partial charge in [0.25, 0.3) is 0 Å². The Morgan fingerprint density at radius 3 is 2.59 bits per heavy atom. The monoisotopic (exact) mass is 432 g/mol. The molecule has 0 amide bonds. The molecule has 32 heavy (non-hydrogen) atoms. The third-order valence-corrected chi connectivity index (χ3v) is 7.84. The molecule has 0 spiro atoms. The minimum atomic E-state index is -0.518. The van der Waals surface area contributed by atoms with Crippen LogP contribution in [-0.2, 0) is 0 Å². The van der Waals surface area contributed by atoms with Crippen molar-refractivity contribution in [3.05, 3.63) is 41.3 Å². The van der Waals surface area contributed by atoms with E-state index < -0.39 is 5.60 Å². The number of fused-ring (bicyclic) bond motifs is 3. The molecule has 6 rings (SSSR count). The molecular weight excluding hydrogens is 400 g/mol. The van der Waals surface area contributed by atoms with E-state index in [9.17, 15) is 5.11 Å². The SMILES string of the molecule is Cc1nc(N2C[C@H]3C[C@@H]2CN3)cc(-n2ncc3cc(C)c([C@H]4CC[C@@](C)(O)CC4)cc32)n1. The molecule has 2 aromatic heterocycles. The molecule has 2 saturated heterocycles. The van der Waals surface area contributed by atoms with Crippen molar-refractivity contribution in [2.45, 2.75) is 76.5 Å². The second-order valence-electron chi connectivity index (χ2n) is 10.4. The number of aryl methyl sites for hydroxylation is 2. The minimum absolute atomic E-state index is 0.485. The first-order valence-corrected chi connectivity index (χ1v) is 11.9. The molecule has 3 fully saturated rings. The van der Waals surface area contributed by atoms with E-state index in [0.29, 0.717) is 18.0 Å². The molecule has 1 saturated carbocycles. The Morgan fingerprint density at radius 1 is 1.09 bits per heavy atom. The largest absolute Gasteiger partial charge is 0.390 e. The number of hydrogen-bond donors (Lipinski definition) is 2. The number of benzene rings is 1. The molecule has 168 valence electrons. The molecule has 7 heteroatoms. The molecule has 0 unspecified atom stereocenters. The fourth-order valence-electron chi connectivity index (χ4n) is 6.01. The highest BCUT2D eigenvalue weighted by molar-refractivity contribution is 5.82. The number of piperazine rings is 1. The summed E-state index contributed by atoms with van der Waals surface area (Å²) in [6, 6.07) is 7.75. The van der Waals surface area contributed by atoms with Crippen molar-refractivity contribution in [1.82, 2.24) is 25.1 Å². The van der Waals surface area contributed by atoms with Gasteiger partial charge in [-0.1, -0.05) is 0 Å². The molecule has 0 radical (unpaired) electrons. The van der Waals surface area contributed by atoms with Gasteiger partial charge in [-0.15, -0.1) is 0 Å². The minimum Gasteiger partial charge on any atom is -0.390 e. The van der Waals surface area contributed by atoms with Crippen molar-refractivity contribution < 1.29 is 5.11 Å². The van der Waals surface area contributed by atoms with Gasteiger partial charge in [-0.3, -0.25) is 0 Å². The third kappa shape index (κ3) is 3.39. The molecule has 1 aliphatic carbocycles. The summed E-state index contributed by atoms with van der Waals surface area (Å²) in [5, 5.41) is 19.8. The zero-order valence-corrected chi connectivity index (χ0v) is 19.2. The lowest BCUT2D eigenvalue weighted by molar-refractivity contribution is 0.0171. The van der Waals surface area contributed by atoms with Crippen molar-refractivity contribution in [1.29, 1.82) is 0 Å². The normalized spacial score (nSPS) is 29.9. The fourth-order valence-corrected chi connectivity index (χ4v) is 6.01. The van der Waals surface area contributed by atoms with Gasteiger partial charge in [0, 0.05) is 36.6 Å². The molecular formula is C25H32N6O. The maximum atomic E-state index is 10.4. The highest BCUT2D eigenvalue weighted by Gasteiger charge is 2.38. The molecule has 4 heterocycles. The first-order chi connectivity index (χ1) is 15.4. The Balaban J connectivity index is 1.38. The first kappa shape index (κ1) is 20.1. The van der Waals surface area contributed by atoms with E-state index in [0.717, 1.165) is 67.1 Å². The smallest absolute Gasteiger partial charge is 0.159 e. The zero-order valence-electron chi connectivity index (χ0n) is 19.2. The molecule has 2 bridgehead atoms. The van der Waals surface area contributed by atoms with Crippen molar-refractivity contribution in [2.75, 3.05) is 18.0 Å². The highest BCUT2D eigenvalue weighted by atomic mass is 16.3. The maximum absolute atomic E-state index is 10.4. The second kappa shape index (κ2) is 7.25. The Bertz CT molecular complexity index is 1170. The lowest BCUT2D eigenvalue weighted by Gasteiger charge is -2.34. The summed E-state index contributed by atoms with van der Waals surface area (Å²) in [5.74, 6) is 3.10. The van der Waals surface area contributed by atoms with E-state index in [-0.39, 0.29) is 0 Å². The van der Waals surface area contributed by atoms with Gasteiger partial charge in [0.15, 0.2) is 5.82 Å². The summed E-state index contributed by atoms with van der Waals surface area (Å²) in [5.41, 5.74) is 3.26. The standard InChI is InChI=1S/C25H32N6O/c1-15-8-18-12-27-31(22(18)10-21(15)17-4-6-25(3,32)7-5-17)24-11-23(28-16(2)29-24)30-14-19-9-20(30)13-26-19/h8,10-12,17,19-20,26,32H,4-7,9,13-14H2,1-3H3/t17-,19-,20-,25+/m1/s1. The van der Waals surface area contributed by atoms with Crippen LogP contribution >= 0.6 is 0 Å². The van der Waals surface area contributed by atoms with E-state index in [4.69, 9.17) is 15.1 Å². The van der Waals surface area contributed by atoms with E-state index >= 15 is 0 Å². The quantitative estimate of drug-likeness (QED) is 0.661. The Kier molecular flexibility index (Phi) is 4.56. The molecule has 2 atom stereocenters. The summed E-state index contributed by atoms with van der Waals surface area (Å²) in [6.45, 7) is 8.17. The Hall–Kier alpha value is -2.51. The van der Waals surface area contributed by atoms with Gasteiger partial charge >= 0.3 is 0 Å². The molecule has 2 N–H and O–H groups in total. The summed E-state index contributed by atoms with van der Waals surface area (Å²) in [7, 11) is 0. The number of aromatic nitrogens is 4. The van der Waals surface area contributed by atoms with Crippen LogP contribution in [0.3, 0.4) is 0 Å². The van der Waals surface area contributed by atoms with Crippen molar-refractivity contribution in [3.8, 4) is 5.82 Å². The molecule has 3 aromatic rings. The van der Waals surface area contributed by atoms with E-state index in [1.807, 2.05) is 24.7 Å². The van der Waals surface area contributed by atoms with Gasteiger partial charge in [0.05, 0.1) is 17.3 Å². The lowest BCUT2D eigenvalue weighted by Crippen LogP contribution is -2.44. The van der Waals surface area contributed by atoms with E-state index in [1.54, 1.807) is 0 Å². The first-order valence-electron chi connectivity index (χ1n) is 11.9. The van der Waals surface area contributed by atoms with Crippen molar-refractivity contribution in [3.63, 3.8) is 0 Å². The summed E-state index contributed by atoms with van der Waals surface area (Å²) < 4.78 is 1.97. The predicted octanol–water partition coefficient (Wildman–Crippen LogP) is 3.39. The second-order valence-corrected chi connectivity index (χ2v) is 10.4. The number of nitrogens with one attached hydrogen (secondary N) is 1. The lowest BCUT2D eigenvalue weighted by atomic mass is 9.76. The maximum Gasteiger partial charge on any atom is 0.159 e. The number of rotatable bonds is 3. The third-order valence-electron chi connectivity index (χ3n) is 7.84. The zero-order chi connectivity index (χ0) is 22.0. The van der Waals surface area contributed by atoms with Gasteiger partial charge in [0.2, 0.25) is 0 Å². The fraction of sp³-hybridized carbons (Fsp3) is 0.560. The van der Waals surface area contributed by atoms with Crippen molar-refractivity contribution in [2.24, 2.45) is 0 Å². The van der Waals surface area contributed by atoms with Crippen LogP contribution in [0.1, 0.15) is 61.9 Å². The van der Waals surface area contributed by atoms with Gasteiger partial charge in [-0.25, -0.2) is 14.6 Å². The van der Waals surface area contributed by atoms with E-state index in [1.165, 1.54) is 17.5 Å². The van der Waals surface area contributed by atoms with Crippen LogP contribution in [0.15, 0.2) is 24.4 Å².